The second-order valence-electron chi connectivity index (χ2n) is 3.32. The van der Waals surface area contributed by atoms with E-state index in [1.807, 2.05) is 20.8 Å². The van der Waals surface area contributed by atoms with Crippen LogP contribution >= 0.6 is 0 Å². The monoisotopic (exact) mass is 223 g/mol. The van der Waals surface area contributed by atoms with Gasteiger partial charge in [0.05, 0.1) is 0 Å². The molecule has 0 amide bonds. The normalized spacial score (nSPS) is 9.88. The van der Waals surface area contributed by atoms with Gasteiger partial charge in [0.2, 0.25) is 0 Å². The van der Waals surface area contributed by atoms with Gasteiger partial charge in [0.25, 0.3) is 0 Å². The number of benzene rings is 1. The summed E-state index contributed by atoms with van der Waals surface area (Å²) in [6, 6.07) is 4.46. The smallest absolute Gasteiger partial charge is 0.184 e. The number of rotatable bonds is 0. The Hall–Kier alpha value is -1.51. The number of fused-ring (bicyclic) bond motifs is 1. The summed E-state index contributed by atoms with van der Waals surface area (Å²) in [6.07, 6.45) is 0. The largest absolute Gasteiger partial charge is 0.250 e. The molecule has 0 unspecified atom stereocenters. The first kappa shape index (κ1) is 12.6. The van der Waals surface area contributed by atoms with Crippen molar-refractivity contribution >= 4 is 10.9 Å². The number of aryl methyl sites for hydroxylation is 2. The van der Waals surface area contributed by atoms with Crippen LogP contribution in [-0.2, 0) is 0 Å². The SMILES string of the molecule is CC.Cc1cc2ccc(F)c(F)c2nc1C. The van der Waals surface area contributed by atoms with E-state index in [0.717, 1.165) is 17.3 Å². The molecule has 0 bridgehead atoms. The highest BCUT2D eigenvalue weighted by molar-refractivity contribution is 5.80. The molecule has 0 N–H and O–H groups in total. The summed E-state index contributed by atoms with van der Waals surface area (Å²) in [4.78, 5) is 4.02. The standard InChI is InChI=1S/C11H9F2N.C2H6/c1-6-5-8-3-4-9(12)10(13)11(8)14-7(6)2;1-2/h3-5H,1-2H3;1-2H3. The Labute approximate surface area is 94.1 Å². The Bertz CT molecular complexity index is 507. The minimum absolute atomic E-state index is 0.105. The molecule has 86 valence electrons. The van der Waals surface area contributed by atoms with Crippen molar-refractivity contribution in [3.05, 3.63) is 41.1 Å². The first-order chi connectivity index (χ1) is 7.59. The van der Waals surface area contributed by atoms with E-state index in [-0.39, 0.29) is 5.52 Å². The van der Waals surface area contributed by atoms with Gasteiger partial charge in [0, 0.05) is 11.1 Å². The van der Waals surface area contributed by atoms with E-state index in [9.17, 15) is 8.78 Å². The van der Waals surface area contributed by atoms with Crippen LogP contribution in [0.5, 0.6) is 0 Å². The molecule has 0 atom stereocenters. The van der Waals surface area contributed by atoms with E-state index in [1.165, 1.54) is 6.07 Å². The Balaban J connectivity index is 0.000000606. The fourth-order valence-corrected chi connectivity index (χ4v) is 1.38. The van der Waals surface area contributed by atoms with Crippen molar-refractivity contribution in [2.75, 3.05) is 0 Å². The average Bonchev–Trinajstić information content (AvgIpc) is 2.30. The van der Waals surface area contributed by atoms with Gasteiger partial charge in [0.15, 0.2) is 11.6 Å². The fourth-order valence-electron chi connectivity index (χ4n) is 1.38. The summed E-state index contributed by atoms with van der Waals surface area (Å²) >= 11 is 0. The molecule has 16 heavy (non-hydrogen) atoms. The number of hydrogen-bond donors (Lipinski definition) is 0. The molecule has 0 aliphatic carbocycles. The summed E-state index contributed by atoms with van der Waals surface area (Å²) in [5.74, 6) is -1.72. The van der Waals surface area contributed by atoms with Crippen LogP contribution < -0.4 is 0 Å². The maximum absolute atomic E-state index is 13.3. The highest BCUT2D eigenvalue weighted by Gasteiger charge is 2.09. The van der Waals surface area contributed by atoms with Gasteiger partial charge in [0.1, 0.15) is 5.52 Å². The molecule has 2 rings (SSSR count). The number of halogens is 2. The Morgan fingerprint density at radius 3 is 2.31 bits per heavy atom. The van der Waals surface area contributed by atoms with Crippen molar-refractivity contribution in [2.24, 2.45) is 0 Å². The van der Waals surface area contributed by atoms with E-state index in [0.29, 0.717) is 5.39 Å². The van der Waals surface area contributed by atoms with Crippen molar-refractivity contribution in [2.45, 2.75) is 27.7 Å². The molecule has 2 aromatic rings. The molecule has 0 radical (unpaired) electrons. The van der Waals surface area contributed by atoms with Crippen LogP contribution in [0.15, 0.2) is 18.2 Å². The van der Waals surface area contributed by atoms with E-state index in [1.54, 1.807) is 13.0 Å². The van der Waals surface area contributed by atoms with Gasteiger partial charge in [-0.05, 0) is 37.6 Å². The van der Waals surface area contributed by atoms with Gasteiger partial charge in [-0.15, -0.1) is 0 Å². The second-order valence-corrected chi connectivity index (χ2v) is 3.32. The zero-order valence-electron chi connectivity index (χ0n) is 9.94. The lowest BCUT2D eigenvalue weighted by atomic mass is 10.1. The number of hydrogen-bond acceptors (Lipinski definition) is 1. The van der Waals surface area contributed by atoms with Crippen molar-refractivity contribution < 1.29 is 8.78 Å². The molecule has 0 fully saturated rings. The third-order valence-corrected chi connectivity index (χ3v) is 2.32. The van der Waals surface area contributed by atoms with Crippen LogP contribution in [0.4, 0.5) is 8.78 Å². The van der Waals surface area contributed by atoms with E-state index in [4.69, 9.17) is 0 Å². The summed E-state index contributed by atoms with van der Waals surface area (Å²) < 4.78 is 26.1. The molecule has 0 aliphatic heterocycles. The topological polar surface area (TPSA) is 12.9 Å². The molecule has 3 heteroatoms. The van der Waals surface area contributed by atoms with E-state index >= 15 is 0 Å². The lowest BCUT2D eigenvalue weighted by molar-refractivity contribution is 0.515. The maximum Gasteiger partial charge on any atom is 0.184 e. The van der Waals surface area contributed by atoms with Crippen LogP contribution in [-0.4, -0.2) is 4.98 Å². The summed E-state index contributed by atoms with van der Waals surface area (Å²) in [6.45, 7) is 7.67. The minimum atomic E-state index is -0.870. The minimum Gasteiger partial charge on any atom is -0.250 e. The quantitative estimate of drug-likeness (QED) is 0.653. The lowest BCUT2D eigenvalue weighted by Gasteiger charge is -2.03. The van der Waals surface area contributed by atoms with Crippen LogP contribution in [0.3, 0.4) is 0 Å². The van der Waals surface area contributed by atoms with Gasteiger partial charge in [-0.3, -0.25) is 0 Å². The maximum atomic E-state index is 13.3. The summed E-state index contributed by atoms with van der Waals surface area (Å²) in [5, 5.41) is 0.631. The molecular weight excluding hydrogens is 208 g/mol. The fraction of sp³-hybridized carbons (Fsp3) is 0.308. The molecule has 1 aromatic heterocycles. The molecule has 1 aromatic carbocycles. The zero-order chi connectivity index (χ0) is 12.3. The van der Waals surface area contributed by atoms with Gasteiger partial charge >= 0.3 is 0 Å². The molecule has 0 saturated carbocycles. The van der Waals surface area contributed by atoms with E-state index in [2.05, 4.69) is 4.98 Å². The number of nitrogens with zero attached hydrogens (tertiary/aromatic N) is 1. The third-order valence-electron chi connectivity index (χ3n) is 2.32. The van der Waals surface area contributed by atoms with Crippen molar-refractivity contribution in [1.82, 2.24) is 4.98 Å². The molecule has 0 saturated heterocycles. The molecule has 0 spiro atoms. The first-order valence-electron chi connectivity index (χ1n) is 5.31. The molecule has 1 heterocycles. The third kappa shape index (κ3) is 2.18. The molecular formula is C13H15F2N. The van der Waals surface area contributed by atoms with Gasteiger partial charge < -0.3 is 0 Å². The van der Waals surface area contributed by atoms with Crippen LogP contribution in [0.2, 0.25) is 0 Å². The summed E-state index contributed by atoms with van der Waals surface area (Å²) in [5.41, 5.74) is 1.80. The lowest BCUT2D eigenvalue weighted by Crippen LogP contribution is -1.93. The predicted octanol–water partition coefficient (Wildman–Crippen LogP) is 4.16. The first-order valence-corrected chi connectivity index (χ1v) is 5.31. The van der Waals surface area contributed by atoms with Crippen molar-refractivity contribution in [1.29, 1.82) is 0 Å². The summed E-state index contributed by atoms with van der Waals surface area (Å²) in [7, 11) is 0. The van der Waals surface area contributed by atoms with Gasteiger partial charge in [-0.25, -0.2) is 13.8 Å². The van der Waals surface area contributed by atoms with Gasteiger partial charge in [-0.2, -0.15) is 0 Å². The Morgan fingerprint density at radius 2 is 1.69 bits per heavy atom. The van der Waals surface area contributed by atoms with Crippen molar-refractivity contribution in [3.8, 4) is 0 Å². The highest BCUT2D eigenvalue weighted by atomic mass is 19.2. The predicted molar refractivity (Wildman–Crippen MR) is 62.5 cm³/mol. The van der Waals surface area contributed by atoms with Crippen molar-refractivity contribution in [3.63, 3.8) is 0 Å². The van der Waals surface area contributed by atoms with E-state index < -0.39 is 11.6 Å². The van der Waals surface area contributed by atoms with Crippen LogP contribution in [0, 0.1) is 25.5 Å². The van der Waals surface area contributed by atoms with Crippen LogP contribution in [0.1, 0.15) is 25.1 Å². The number of pyridine rings is 1. The molecule has 1 nitrogen and oxygen atoms in total. The average molecular weight is 223 g/mol. The zero-order valence-corrected chi connectivity index (χ0v) is 9.94. The number of aromatic nitrogens is 1. The second kappa shape index (κ2) is 5.01. The van der Waals surface area contributed by atoms with Gasteiger partial charge in [-0.1, -0.05) is 13.8 Å². The Morgan fingerprint density at radius 1 is 1.06 bits per heavy atom. The molecule has 0 aliphatic rings. The van der Waals surface area contributed by atoms with Crippen LogP contribution in [0.25, 0.3) is 10.9 Å². The Kier molecular flexibility index (Phi) is 3.93. The highest BCUT2D eigenvalue weighted by Crippen LogP contribution is 2.20.